The van der Waals surface area contributed by atoms with Crippen molar-refractivity contribution in [2.45, 2.75) is 44.4 Å². The fourth-order valence-corrected chi connectivity index (χ4v) is 3.75. The van der Waals surface area contributed by atoms with Crippen LogP contribution in [0, 0.1) is 0 Å². The number of aromatic nitrogens is 2. The number of aromatic amines is 1. The first-order chi connectivity index (χ1) is 11.9. The number of imidazole rings is 1. The van der Waals surface area contributed by atoms with Gasteiger partial charge >= 0.3 is 0 Å². The molecule has 0 unspecified atom stereocenters. The smallest absolute Gasteiger partial charge is 0.111 e. The zero-order chi connectivity index (χ0) is 16.2. The quantitative estimate of drug-likeness (QED) is 0.655. The number of hydrogen-bond acceptors (Lipinski definition) is 1. The summed E-state index contributed by atoms with van der Waals surface area (Å²) in [7, 11) is 0. The van der Waals surface area contributed by atoms with E-state index >= 15 is 0 Å². The summed E-state index contributed by atoms with van der Waals surface area (Å²) in [6.07, 6.45) is 9.75. The summed E-state index contributed by atoms with van der Waals surface area (Å²) in [5.41, 5.74) is 5.02. The van der Waals surface area contributed by atoms with Crippen molar-refractivity contribution in [2.24, 2.45) is 0 Å². The van der Waals surface area contributed by atoms with E-state index in [0.29, 0.717) is 0 Å². The van der Waals surface area contributed by atoms with Gasteiger partial charge in [0.25, 0.3) is 0 Å². The number of rotatable bonds is 4. The van der Waals surface area contributed by atoms with Gasteiger partial charge in [0.1, 0.15) is 5.82 Å². The lowest BCUT2D eigenvalue weighted by Gasteiger charge is -2.22. The lowest BCUT2D eigenvalue weighted by molar-refractivity contribution is 0.443. The number of hydrogen-bond donors (Lipinski definition) is 1. The van der Waals surface area contributed by atoms with Crippen molar-refractivity contribution in [3.8, 4) is 11.3 Å². The summed E-state index contributed by atoms with van der Waals surface area (Å²) in [6.45, 7) is 0. The average molecular weight is 316 g/mol. The largest absolute Gasteiger partial charge is 0.348 e. The molecule has 1 saturated carbocycles. The molecule has 1 aliphatic rings. The highest BCUT2D eigenvalue weighted by Crippen LogP contribution is 2.33. The molecule has 0 aliphatic heterocycles. The third kappa shape index (κ3) is 3.43. The number of benzene rings is 2. The molecule has 0 spiro atoms. The van der Waals surface area contributed by atoms with Crippen LogP contribution in [0.5, 0.6) is 0 Å². The molecular formula is C22H24N2. The Labute approximate surface area is 144 Å². The van der Waals surface area contributed by atoms with Crippen LogP contribution >= 0.6 is 0 Å². The van der Waals surface area contributed by atoms with Crippen molar-refractivity contribution in [3.63, 3.8) is 0 Å². The third-order valence-electron chi connectivity index (χ3n) is 5.13. The van der Waals surface area contributed by atoms with Gasteiger partial charge in [-0.1, -0.05) is 73.9 Å². The highest BCUT2D eigenvalue weighted by molar-refractivity contribution is 5.59. The van der Waals surface area contributed by atoms with Gasteiger partial charge in [0, 0.05) is 18.2 Å². The maximum absolute atomic E-state index is 4.76. The van der Waals surface area contributed by atoms with Crippen LogP contribution in [0.1, 0.15) is 55.0 Å². The predicted molar refractivity (Wildman–Crippen MR) is 99.1 cm³/mol. The van der Waals surface area contributed by atoms with Crippen molar-refractivity contribution in [2.75, 3.05) is 0 Å². The molecule has 0 bridgehead atoms. The molecule has 0 saturated heterocycles. The van der Waals surface area contributed by atoms with E-state index in [-0.39, 0.29) is 0 Å². The van der Waals surface area contributed by atoms with E-state index in [1.54, 1.807) is 0 Å². The molecule has 3 aromatic rings. The van der Waals surface area contributed by atoms with Crippen LogP contribution in [-0.2, 0) is 6.42 Å². The van der Waals surface area contributed by atoms with Gasteiger partial charge in [0.15, 0.2) is 0 Å². The lowest BCUT2D eigenvalue weighted by atomic mass is 9.84. The minimum atomic E-state index is 0.764. The Kier molecular flexibility index (Phi) is 4.46. The van der Waals surface area contributed by atoms with Gasteiger partial charge in [-0.25, -0.2) is 4.98 Å². The second kappa shape index (κ2) is 7.04. The Morgan fingerprint density at radius 3 is 2.38 bits per heavy atom. The summed E-state index contributed by atoms with van der Waals surface area (Å²) in [5, 5.41) is 0. The van der Waals surface area contributed by atoms with Gasteiger partial charge in [-0.3, -0.25) is 0 Å². The van der Waals surface area contributed by atoms with Gasteiger partial charge < -0.3 is 4.98 Å². The van der Waals surface area contributed by atoms with Gasteiger partial charge in [-0.05, 0) is 29.9 Å². The third-order valence-corrected chi connectivity index (χ3v) is 5.13. The van der Waals surface area contributed by atoms with Crippen molar-refractivity contribution in [1.29, 1.82) is 0 Å². The first-order valence-corrected chi connectivity index (χ1v) is 9.07. The topological polar surface area (TPSA) is 28.7 Å². The molecule has 2 aromatic carbocycles. The van der Waals surface area contributed by atoms with Crippen LogP contribution in [-0.4, -0.2) is 9.97 Å². The Balaban J connectivity index is 1.48. The van der Waals surface area contributed by atoms with E-state index in [1.165, 1.54) is 48.8 Å². The number of nitrogens with one attached hydrogen (secondary N) is 1. The van der Waals surface area contributed by atoms with Crippen LogP contribution in [0.2, 0.25) is 0 Å². The monoisotopic (exact) mass is 316 g/mol. The minimum Gasteiger partial charge on any atom is -0.348 e. The summed E-state index contributed by atoms with van der Waals surface area (Å²) < 4.78 is 0. The molecule has 4 rings (SSSR count). The van der Waals surface area contributed by atoms with Gasteiger partial charge in [-0.15, -0.1) is 0 Å². The standard InChI is InChI=1S/C22H24N2/c1-3-7-17(8-4-1)15-22-23-16-21(24-22)20-13-11-19(12-14-20)18-9-5-2-6-10-18/h1,3-4,7-8,11-14,16,18H,2,5-6,9-10,15H2,(H,23,24). The highest BCUT2D eigenvalue weighted by atomic mass is 14.9. The normalized spacial score (nSPS) is 15.5. The lowest BCUT2D eigenvalue weighted by Crippen LogP contribution is -2.04. The summed E-state index contributed by atoms with van der Waals surface area (Å²) in [5.74, 6) is 1.79. The first-order valence-electron chi connectivity index (χ1n) is 9.07. The molecule has 0 radical (unpaired) electrons. The molecule has 0 atom stereocenters. The molecule has 2 nitrogen and oxygen atoms in total. The summed E-state index contributed by atoms with van der Waals surface area (Å²) in [4.78, 5) is 8.08. The van der Waals surface area contributed by atoms with Crippen LogP contribution in [0.4, 0.5) is 0 Å². The maximum Gasteiger partial charge on any atom is 0.111 e. The Morgan fingerprint density at radius 2 is 1.62 bits per heavy atom. The van der Waals surface area contributed by atoms with Gasteiger partial charge in [0.2, 0.25) is 0 Å². The fraction of sp³-hybridized carbons (Fsp3) is 0.318. The number of nitrogens with zero attached hydrogens (tertiary/aromatic N) is 1. The summed E-state index contributed by atoms with van der Waals surface area (Å²) in [6, 6.07) is 19.5. The molecule has 1 N–H and O–H groups in total. The molecule has 2 heteroatoms. The number of H-pyrrole nitrogens is 1. The van der Waals surface area contributed by atoms with Gasteiger partial charge in [0.05, 0.1) is 5.69 Å². The second-order valence-electron chi connectivity index (χ2n) is 6.85. The Bertz CT molecular complexity index is 765. The first kappa shape index (κ1) is 15.2. The van der Waals surface area contributed by atoms with Crippen LogP contribution in [0.3, 0.4) is 0 Å². The molecule has 24 heavy (non-hydrogen) atoms. The molecule has 1 aliphatic carbocycles. The maximum atomic E-state index is 4.76. The van der Waals surface area contributed by atoms with Crippen LogP contribution < -0.4 is 0 Å². The SMILES string of the molecule is c1ccc(Cc2nc(-c3ccc(C4CCCCC4)cc3)c[nH]2)cc1. The molecule has 122 valence electrons. The summed E-state index contributed by atoms with van der Waals surface area (Å²) >= 11 is 0. The zero-order valence-electron chi connectivity index (χ0n) is 14.0. The van der Waals surface area contributed by atoms with Crippen molar-refractivity contribution in [1.82, 2.24) is 9.97 Å². The molecule has 1 aromatic heterocycles. The van der Waals surface area contributed by atoms with E-state index in [0.717, 1.165) is 23.9 Å². The average Bonchev–Trinajstić information content (AvgIpc) is 3.12. The van der Waals surface area contributed by atoms with Crippen LogP contribution in [0.25, 0.3) is 11.3 Å². The predicted octanol–water partition coefficient (Wildman–Crippen LogP) is 5.72. The second-order valence-corrected chi connectivity index (χ2v) is 6.85. The van der Waals surface area contributed by atoms with E-state index in [1.807, 2.05) is 12.3 Å². The van der Waals surface area contributed by atoms with E-state index in [2.05, 4.69) is 53.5 Å². The highest BCUT2D eigenvalue weighted by Gasteiger charge is 2.15. The van der Waals surface area contributed by atoms with E-state index < -0.39 is 0 Å². The van der Waals surface area contributed by atoms with E-state index in [9.17, 15) is 0 Å². The molecule has 1 fully saturated rings. The van der Waals surface area contributed by atoms with Crippen molar-refractivity contribution >= 4 is 0 Å². The Morgan fingerprint density at radius 1 is 0.875 bits per heavy atom. The Hall–Kier alpha value is -2.35. The van der Waals surface area contributed by atoms with Gasteiger partial charge in [-0.2, -0.15) is 0 Å². The van der Waals surface area contributed by atoms with Crippen LogP contribution in [0.15, 0.2) is 60.8 Å². The fourth-order valence-electron chi connectivity index (χ4n) is 3.75. The zero-order valence-corrected chi connectivity index (χ0v) is 14.0. The van der Waals surface area contributed by atoms with Crippen molar-refractivity contribution in [3.05, 3.63) is 77.7 Å². The minimum absolute atomic E-state index is 0.764. The van der Waals surface area contributed by atoms with E-state index in [4.69, 9.17) is 4.98 Å². The molecule has 1 heterocycles. The molecular weight excluding hydrogens is 292 g/mol. The van der Waals surface area contributed by atoms with Crippen molar-refractivity contribution < 1.29 is 0 Å². The molecule has 0 amide bonds.